The quantitative estimate of drug-likeness (QED) is 0.724. The standard InChI is InChI=1S/C9H16N4O3S/c1-3-4-13(6-8(14)10-2)17(15,16)9-5-11-7-12-9/h5,7H,3-4,6H2,1-2H3,(H,10,14)(H,11,12). The summed E-state index contributed by atoms with van der Waals surface area (Å²) in [6, 6.07) is 0. The number of amides is 1. The van der Waals surface area contributed by atoms with Crippen molar-refractivity contribution in [1.82, 2.24) is 19.6 Å². The van der Waals surface area contributed by atoms with Crippen LogP contribution in [-0.4, -0.2) is 48.7 Å². The number of rotatable bonds is 6. The molecule has 0 atom stereocenters. The van der Waals surface area contributed by atoms with Gasteiger partial charge >= 0.3 is 0 Å². The second-order valence-corrected chi connectivity index (χ2v) is 5.33. The second-order valence-electron chi connectivity index (χ2n) is 3.43. The molecular formula is C9H16N4O3S. The van der Waals surface area contributed by atoms with Gasteiger partial charge in [0.15, 0.2) is 5.03 Å². The van der Waals surface area contributed by atoms with E-state index in [2.05, 4.69) is 15.3 Å². The monoisotopic (exact) mass is 260 g/mol. The fraction of sp³-hybridized carbons (Fsp3) is 0.556. The number of hydrogen-bond donors (Lipinski definition) is 2. The summed E-state index contributed by atoms with van der Waals surface area (Å²) in [4.78, 5) is 17.5. The molecule has 1 amide bonds. The zero-order chi connectivity index (χ0) is 12.9. The third-order valence-electron chi connectivity index (χ3n) is 2.16. The van der Waals surface area contributed by atoms with Crippen LogP contribution < -0.4 is 5.32 Å². The van der Waals surface area contributed by atoms with E-state index in [0.29, 0.717) is 6.42 Å². The highest BCUT2D eigenvalue weighted by atomic mass is 32.2. The fourth-order valence-corrected chi connectivity index (χ4v) is 2.68. The number of H-pyrrole nitrogens is 1. The van der Waals surface area contributed by atoms with Gasteiger partial charge in [0.2, 0.25) is 5.91 Å². The summed E-state index contributed by atoms with van der Waals surface area (Å²) in [5.41, 5.74) is 0. The van der Waals surface area contributed by atoms with E-state index in [-0.39, 0.29) is 24.0 Å². The summed E-state index contributed by atoms with van der Waals surface area (Å²) < 4.78 is 25.3. The number of imidazole rings is 1. The lowest BCUT2D eigenvalue weighted by molar-refractivity contribution is -0.120. The van der Waals surface area contributed by atoms with Gasteiger partial charge in [0, 0.05) is 13.6 Å². The maximum absolute atomic E-state index is 12.1. The molecule has 0 unspecified atom stereocenters. The molecule has 7 nitrogen and oxygen atoms in total. The molecule has 8 heteroatoms. The minimum absolute atomic E-state index is 0.00477. The number of carbonyl (C=O) groups is 1. The van der Waals surface area contributed by atoms with Crippen molar-refractivity contribution in [1.29, 1.82) is 0 Å². The first kappa shape index (κ1) is 13.7. The average molecular weight is 260 g/mol. The highest BCUT2D eigenvalue weighted by molar-refractivity contribution is 7.89. The highest BCUT2D eigenvalue weighted by Gasteiger charge is 2.26. The maximum atomic E-state index is 12.1. The van der Waals surface area contributed by atoms with Crippen LogP contribution in [0.5, 0.6) is 0 Å². The number of aromatic nitrogens is 2. The van der Waals surface area contributed by atoms with Gasteiger partial charge in [-0.1, -0.05) is 6.92 Å². The Labute approximate surface area is 100 Å². The van der Waals surface area contributed by atoms with Crippen molar-refractivity contribution in [2.75, 3.05) is 20.1 Å². The molecule has 0 aliphatic heterocycles. The van der Waals surface area contributed by atoms with Crippen molar-refractivity contribution in [3.8, 4) is 0 Å². The van der Waals surface area contributed by atoms with Crippen molar-refractivity contribution in [3.63, 3.8) is 0 Å². The molecular weight excluding hydrogens is 244 g/mol. The summed E-state index contributed by atoms with van der Waals surface area (Å²) in [5.74, 6) is -0.346. The number of hydrogen-bond acceptors (Lipinski definition) is 4. The molecule has 0 saturated heterocycles. The summed E-state index contributed by atoms with van der Waals surface area (Å²) >= 11 is 0. The van der Waals surface area contributed by atoms with E-state index in [1.165, 1.54) is 19.6 Å². The van der Waals surface area contributed by atoms with E-state index < -0.39 is 10.0 Å². The molecule has 1 aromatic heterocycles. The first-order chi connectivity index (χ1) is 8.02. The van der Waals surface area contributed by atoms with Crippen molar-refractivity contribution in [2.45, 2.75) is 18.4 Å². The lowest BCUT2D eigenvalue weighted by Gasteiger charge is -2.19. The Morgan fingerprint density at radius 1 is 1.59 bits per heavy atom. The Balaban J connectivity index is 2.94. The van der Waals surface area contributed by atoms with Crippen LogP contribution in [0, 0.1) is 0 Å². The zero-order valence-electron chi connectivity index (χ0n) is 9.80. The largest absolute Gasteiger partial charge is 0.358 e. The van der Waals surface area contributed by atoms with Crippen LogP contribution in [0.3, 0.4) is 0 Å². The summed E-state index contributed by atoms with van der Waals surface area (Å²) in [7, 11) is -2.20. The number of aromatic amines is 1. The number of carbonyl (C=O) groups excluding carboxylic acids is 1. The van der Waals surface area contributed by atoms with Gasteiger partial charge in [-0.2, -0.15) is 4.31 Å². The van der Waals surface area contributed by atoms with E-state index in [9.17, 15) is 13.2 Å². The number of likely N-dealkylation sites (N-methyl/N-ethyl adjacent to an activating group) is 1. The molecule has 0 fully saturated rings. The van der Waals surface area contributed by atoms with Gasteiger partial charge in [0.1, 0.15) is 0 Å². The Hall–Kier alpha value is -1.41. The van der Waals surface area contributed by atoms with Gasteiger partial charge in [-0.05, 0) is 6.42 Å². The first-order valence-corrected chi connectivity index (χ1v) is 6.65. The highest BCUT2D eigenvalue weighted by Crippen LogP contribution is 2.12. The lowest BCUT2D eigenvalue weighted by Crippen LogP contribution is -2.40. The first-order valence-electron chi connectivity index (χ1n) is 5.21. The predicted octanol–water partition coefficient (Wildman–Crippen LogP) is -0.444. The van der Waals surface area contributed by atoms with Crippen LogP contribution in [0.1, 0.15) is 13.3 Å². The van der Waals surface area contributed by atoms with Crippen LogP contribution in [0.4, 0.5) is 0 Å². The number of nitrogens with zero attached hydrogens (tertiary/aromatic N) is 2. The van der Waals surface area contributed by atoms with Crippen LogP contribution in [-0.2, 0) is 14.8 Å². The SMILES string of the molecule is CCCN(CC(=O)NC)S(=O)(=O)c1cnc[nH]1. The third kappa shape index (κ3) is 3.27. The Kier molecular flexibility index (Phi) is 4.64. The Morgan fingerprint density at radius 2 is 2.29 bits per heavy atom. The van der Waals surface area contributed by atoms with Crippen molar-refractivity contribution in [2.24, 2.45) is 0 Å². The van der Waals surface area contributed by atoms with Gasteiger partial charge in [-0.25, -0.2) is 13.4 Å². The minimum atomic E-state index is -3.67. The summed E-state index contributed by atoms with van der Waals surface area (Å²) in [6.07, 6.45) is 3.14. The van der Waals surface area contributed by atoms with E-state index in [0.717, 1.165) is 4.31 Å². The van der Waals surface area contributed by atoms with Gasteiger partial charge in [-0.3, -0.25) is 4.79 Å². The van der Waals surface area contributed by atoms with Crippen molar-refractivity contribution in [3.05, 3.63) is 12.5 Å². The van der Waals surface area contributed by atoms with E-state index >= 15 is 0 Å². The van der Waals surface area contributed by atoms with Crippen LogP contribution >= 0.6 is 0 Å². The second kappa shape index (κ2) is 5.78. The molecule has 1 aromatic rings. The normalized spacial score (nSPS) is 11.7. The summed E-state index contributed by atoms with van der Waals surface area (Å²) in [5, 5.41) is 2.40. The Bertz CT molecular complexity index is 455. The van der Waals surface area contributed by atoms with E-state index in [1.54, 1.807) is 0 Å². The van der Waals surface area contributed by atoms with Gasteiger partial charge in [0.25, 0.3) is 10.0 Å². The molecule has 2 N–H and O–H groups in total. The smallest absolute Gasteiger partial charge is 0.260 e. The topological polar surface area (TPSA) is 95.2 Å². The van der Waals surface area contributed by atoms with Crippen molar-refractivity contribution >= 4 is 15.9 Å². The molecule has 0 radical (unpaired) electrons. The fourth-order valence-electron chi connectivity index (χ4n) is 1.30. The van der Waals surface area contributed by atoms with Crippen LogP contribution in [0.2, 0.25) is 0 Å². The molecule has 0 aliphatic carbocycles. The molecule has 0 aliphatic rings. The number of sulfonamides is 1. The van der Waals surface area contributed by atoms with Gasteiger partial charge < -0.3 is 10.3 Å². The molecule has 1 rings (SSSR count). The Morgan fingerprint density at radius 3 is 2.76 bits per heavy atom. The average Bonchev–Trinajstić information content (AvgIpc) is 2.82. The van der Waals surface area contributed by atoms with Crippen molar-refractivity contribution < 1.29 is 13.2 Å². The van der Waals surface area contributed by atoms with Crippen LogP contribution in [0.15, 0.2) is 17.6 Å². The molecule has 17 heavy (non-hydrogen) atoms. The molecule has 0 saturated carbocycles. The molecule has 0 spiro atoms. The van der Waals surface area contributed by atoms with E-state index in [4.69, 9.17) is 0 Å². The van der Waals surface area contributed by atoms with E-state index in [1.807, 2.05) is 6.92 Å². The molecule has 96 valence electrons. The van der Waals surface area contributed by atoms with Gasteiger partial charge in [-0.15, -0.1) is 0 Å². The third-order valence-corrected chi connectivity index (χ3v) is 3.93. The lowest BCUT2D eigenvalue weighted by atomic mass is 10.4. The molecule has 0 aromatic carbocycles. The van der Waals surface area contributed by atoms with Crippen LogP contribution in [0.25, 0.3) is 0 Å². The molecule has 1 heterocycles. The van der Waals surface area contributed by atoms with Gasteiger partial charge in [0.05, 0.1) is 19.1 Å². The molecule has 0 bridgehead atoms. The maximum Gasteiger partial charge on any atom is 0.260 e. The zero-order valence-corrected chi connectivity index (χ0v) is 10.6. The summed E-state index contributed by atoms with van der Waals surface area (Å²) in [6.45, 7) is 1.94. The number of nitrogens with one attached hydrogen (secondary N) is 2. The minimum Gasteiger partial charge on any atom is -0.358 e. The predicted molar refractivity (Wildman–Crippen MR) is 61.7 cm³/mol.